The lowest BCUT2D eigenvalue weighted by Gasteiger charge is -2.26. The van der Waals surface area contributed by atoms with Crippen LogP contribution >= 0.6 is 11.5 Å². The highest BCUT2D eigenvalue weighted by Crippen LogP contribution is 2.19. The molecule has 0 bridgehead atoms. The third-order valence-corrected chi connectivity index (χ3v) is 5.68. The predicted molar refractivity (Wildman–Crippen MR) is 114 cm³/mol. The van der Waals surface area contributed by atoms with Crippen molar-refractivity contribution in [2.45, 2.75) is 33.5 Å². The maximum atomic E-state index is 13.0. The monoisotopic (exact) mass is 432 g/mol. The molecule has 9 heteroatoms. The zero-order valence-electron chi connectivity index (χ0n) is 17.8. The predicted octanol–water partition coefficient (Wildman–Crippen LogP) is 2.38. The van der Waals surface area contributed by atoms with Gasteiger partial charge in [-0.1, -0.05) is 30.5 Å². The number of benzene rings is 1. The highest BCUT2D eigenvalue weighted by molar-refractivity contribution is 7.07. The lowest BCUT2D eigenvalue weighted by Crippen LogP contribution is -2.40. The van der Waals surface area contributed by atoms with Gasteiger partial charge in [-0.2, -0.15) is 0 Å². The van der Waals surface area contributed by atoms with Crippen LogP contribution < -0.4 is 4.74 Å². The molecule has 0 unspecified atom stereocenters. The van der Waals surface area contributed by atoms with Crippen molar-refractivity contribution in [2.75, 3.05) is 33.3 Å². The summed E-state index contributed by atoms with van der Waals surface area (Å²) in [7, 11) is 1.63. The van der Waals surface area contributed by atoms with Gasteiger partial charge < -0.3 is 19.3 Å². The van der Waals surface area contributed by atoms with Gasteiger partial charge in [-0.05, 0) is 42.1 Å². The third-order valence-electron chi connectivity index (χ3n) is 4.87. The number of methoxy groups -OCH3 is 1. The first-order valence-electron chi connectivity index (χ1n) is 9.98. The zero-order valence-corrected chi connectivity index (χ0v) is 18.6. The summed E-state index contributed by atoms with van der Waals surface area (Å²) in [6, 6.07) is 7.67. The molecule has 0 saturated carbocycles. The molecule has 0 N–H and O–H groups in total. The lowest BCUT2D eigenvalue weighted by molar-refractivity contribution is -0.132. The van der Waals surface area contributed by atoms with Gasteiger partial charge in [-0.25, -0.2) is 0 Å². The minimum absolute atomic E-state index is 0.0297. The van der Waals surface area contributed by atoms with Gasteiger partial charge in [0.2, 0.25) is 5.91 Å². The smallest absolute Gasteiger partial charge is 0.268 e. The van der Waals surface area contributed by atoms with Crippen molar-refractivity contribution in [1.29, 1.82) is 0 Å². The van der Waals surface area contributed by atoms with Gasteiger partial charge >= 0.3 is 0 Å². The van der Waals surface area contributed by atoms with Crippen LogP contribution in [0.4, 0.5) is 0 Å². The van der Waals surface area contributed by atoms with E-state index in [0.717, 1.165) is 22.8 Å². The second kappa shape index (κ2) is 9.99. The molecule has 0 spiro atoms. The fourth-order valence-electron chi connectivity index (χ4n) is 3.40. The molecule has 1 fully saturated rings. The van der Waals surface area contributed by atoms with Crippen molar-refractivity contribution in [3.8, 4) is 5.75 Å². The van der Waals surface area contributed by atoms with Gasteiger partial charge in [-0.3, -0.25) is 9.59 Å². The molecule has 1 saturated heterocycles. The first kappa shape index (κ1) is 22.2. The molecule has 2 heterocycles. The highest BCUT2D eigenvalue weighted by atomic mass is 32.1. The number of carbonyl (C=O) groups is 2. The van der Waals surface area contributed by atoms with E-state index in [0.29, 0.717) is 42.7 Å². The summed E-state index contributed by atoms with van der Waals surface area (Å²) < 4.78 is 15.3. The SMILES string of the molecule is COc1cccc(CO[C@@H]2CN(CC(C)C)C(=O)CN(C(=O)c3snnc3C)C2)c1. The number of aromatic nitrogens is 2. The zero-order chi connectivity index (χ0) is 21.7. The van der Waals surface area contributed by atoms with E-state index < -0.39 is 0 Å². The summed E-state index contributed by atoms with van der Waals surface area (Å²) in [5, 5.41) is 3.92. The summed E-state index contributed by atoms with van der Waals surface area (Å²) in [5.74, 6) is 0.790. The Morgan fingerprint density at radius 2 is 2.13 bits per heavy atom. The van der Waals surface area contributed by atoms with Crippen molar-refractivity contribution in [2.24, 2.45) is 5.92 Å². The van der Waals surface area contributed by atoms with Crippen molar-refractivity contribution in [1.82, 2.24) is 19.4 Å². The van der Waals surface area contributed by atoms with Gasteiger partial charge in [0.1, 0.15) is 17.2 Å². The van der Waals surface area contributed by atoms with E-state index in [2.05, 4.69) is 23.4 Å². The number of amides is 2. The fraction of sp³-hybridized carbons (Fsp3) is 0.524. The van der Waals surface area contributed by atoms with E-state index >= 15 is 0 Å². The first-order valence-corrected chi connectivity index (χ1v) is 10.7. The Hall–Kier alpha value is -2.52. The van der Waals surface area contributed by atoms with Gasteiger partial charge in [-0.15, -0.1) is 5.10 Å². The van der Waals surface area contributed by atoms with Crippen molar-refractivity contribution in [3.63, 3.8) is 0 Å². The van der Waals surface area contributed by atoms with Crippen molar-refractivity contribution >= 4 is 23.3 Å². The topological polar surface area (TPSA) is 84.9 Å². The van der Waals surface area contributed by atoms with Gasteiger partial charge in [0.15, 0.2) is 0 Å². The van der Waals surface area contributed by atoms with Crippen LogP contribution in [0.3, 0.4) is 0 Å². The normalized spacial score (nSPS) is 17.4. The number of hydrogen-bond donors (Lipinski definition) is 0. The van der Waals surface area contributed by atoms with Crippen LogP contribution in [0.25, 0.3) is 0 Å². The molecule has 162 valence electrons. The van der Waals surface area contributed by atoms with E-state index in [1.165, 1.54) is 0 Å². The summed E-state index contributed by atoms with van der Waals surface area (Å²) in [5.41, 5.74) is 1.55. The maximum Gasteiger partial charge on any atom is 0.268 e. The molecule has 0 radical (unpaired) electrons. The van der Waals surface area contributed by atoms with Crippen LogP contribution in [0.1, 0.15) is 34.8 Å². The molecule has 1 aliphatic rings. The second-order valence-corrected chi connectivity index (χ2v) is 8.60. The minimum Gasteiger partial charge on any atom is -0.497 e. The summed E-state index contributed by atoms with van der Waals surface area (Å²) in [6.07, 6.45) is -0.300. The Bertz CT molecular complexity index is 885. The summed E-state index contributed by atoms with van der Waals surface area (Å²) in [6.45, 7) is 7.69. The standard InChI is InChI=1S/C21H28N4O4S/c1-14(2)9-24-10-18(29-13-16-6-5-7-17(8-16)28-4)11-25(12-19(24)26)21(27)20-15(3)22-23-30-20/h5-8,14,18H,9-13H2,1-4H3/t18-/m1/s1. The molecule has 3 rings (SSSR count). The Morgan fingerprint density at radius 3 is 2.80 bits per heavy atom. The summed E-state index contributed by atoms with van der Waals surface area (Å²) >= 11 is 1.05. The van der Waals surface area contributed by atoms with Crippen molar-refractivity contribution in [3.05, 3.63) is 40.4 Å². The van der Waals surface area contributed by atoms with E-state index in [-0.39, 0.29) is 24.5 Å². The number of nitrogens with zero attached hydrogens (tertiary/aromatic N) is 4. The minimum atomic E-state index is -0.300. The molecule has 1 aromatic carbocycles. The Kier molecular flexibility index (Phi) is 7.38. The molecule has 2 amide bonds. The van der Waals surface area contributed by atoms with E-state index in [9.17, 15) is 9.59 Å². The number of carbonyl (C=O) groups excluding carboxylic acids is 2. The average molecular weight is 433 g/mol. The molecule has 1 aliphatic heterocycles. The van der Waals surface area contributed by atoms with E-state index in [4.69, 9.17) is 9.47 Å². The number of ether oxygens (including phenoxy) is 2. The van der Waals surface area contributed by atoms with Gasteiger partial charge in [0.05, 0.1) is 25.5 Å². The van der Waals surface area contributed by atoms with E-state index in [1.807, 2.05) is 24.3 Å². The van der Waals surface area contributed by atoms with Crippen LogP contribution in [0, 0.1) is 12.8 Å². The van der Waals surface area contributed by atoms with Crippen LogP contribution in [-0.2, 0) is 16.1 Å². The van der Waals surface area contributed by atoms with Crippen LogP contribution in [-0.4, -0.2) is 70.6 Å². The summed E-state index contributed by atoms with van der Waals surface area (Å²) in [4.78, 5) is 29.7. The Labute approximate surface area is 180 Å². The van der Waals surface area contributed by atoms with Crippen LogP contribution in [0.15, 0.2) is 24.3 Å². The highest BCUT2D eigenvalue weighted by Gasteiger charge is 2.32. The molecule has 2 aromatic rings. The Balaban J connectivity index is 1.77. The molecular formula is C21H28N4O4S. The molecule has 1 aromatic heterocycles. The van der Waals surface area contributed by atoms with Crippen molar-refractivity contribution < 1.29 is 19.1 Å². The van der Waals surface area contributed by atoms with Gasteiger partial charge in [0.25, 0.3) is 5.91 Å². The maximum absolute atomic E-state index is 13.0. The van der Waals surface area contributed by atoms with Crippen LogP contribution in [0.5, 0.6) is 5.75 Å². The molecule has 0 aliphatic carbocycles. The number of hydrogen-bond acceptors (Lipinski definition) is 7. The number of rotatable bonds is 7. The first-order chi connectivity index (χ1) is 14.4. The molecule has 8 nitrogen and oxygen atoms in total. The largest absolute Gasteiger partial charge is 0.497 e. The molecular weight excluding hydrogens is 404 g/mol. The average Bonchev–Trinajstić information content (AvgIpc) is 3.08. The van der Waals surface area contributed by atoms with Crippen LogP contribution in [0.2, 0.25) is 0 Å². The lowest BCUT2D eigenvalue weighted by atomic mass is 10.2. The third kappa shape index (κ3) is 5.54. The number of aryl methyl sites for hydroxylation is 1. The molecule has 1 atom stereocenters. The fourth-order valence-corrected chi connectivity index (χ4v) is 4.03. The quantitative estimate of drug-likeness (QED) is 0.668. The molecule has 30 heavy (non-hydrogen) atoms. The Morgan fingerprint density at radius 1 is 1.33 bits per heavy atom. The second-order valence-electron chi connectivity index (χ2n) is 7.85. The van der Waals surface area contributed by atoms with E-state index in [1.54, 1.807) is 23.8 Å². The van der Waals surface area contributed by atoms with Gasteiger partial charge in [0, 0.05) is 19.6 Å².